The molecule has 10 heteroatoms. The van der Waals surface area contributed by atoms with E-state index in [2.05, 4.69) is 24.8 Å². The van der Waals surface area contributed by atoms with Crippen LogP contribution in [0.5, 0.6) is 5.88 Å². The van der Waals surface area contributed by atoms with E-state index in [1.807, 2.05) is 39.6 Å². The van der Waals surface area contributed by atoms with Gasteiger partial charge in [0.25, 0.3) is 0 Å². The second-order valence-corrected chi connectivity index (χ2v) is 10.8. The molecule has 0 radical (unpaired) electrons. The Hall–Kier alpha value is -2.47. The van der Waals surface area contributed by atoms with Gasteiger partial charge < -0.3 is 0 Å². The summed E-state index contributed by atoms with van der Waals surface area (Å²) in [4.78, 5) is 4.64. The topological polar surface area (TPSA) is 78.0 Å². The Morgan fingerprint density at radius 2 is 1.97 bits per heavy atom. The van der Waals surface area contributed by atoms with Gasteiger partial charge in [-0.2, -0.15) is 0 Å². The van der Waals surface area contributed by atoms with E-state index < -0.39 is 6.36 Å². The second kappa shape index (κ2) is 9.18. The standard InChI is InChI=1S/C22H25FIN6O2/c1-14(23)32-18-5-3-16(4-6-18)24-27-22-26-21(31-2)20-19(9-12-30(20)28-22)15-8-11-29-17(13-15)7-10-25-29/h7-14,16,18H,3-6H2,1-2H3,(H,27,28)/q-1. The monoisotopic (exact) mass is 551 g/mol. The van der Waals surface area contributed by atoms with Gasteiger partial charge >= 0.3 is 196 Å². The average Bonchev–Trinajstić information content (AvgIpc) is 3.44. The maximum atomic E-state index is 13.1. The molecule has 0 aliphatic heterocycles. The molecule has 0 bridgehead atoms. The summed E-state index contributed by atoms with van der Waals surface area (Å²) in [6, 6.07) is 8.11. The van der Waals surface area contributed by atoms with Crippen LogP contribution in [0.15, 0.2) is 42.9 Å². The van der Waals surface area contributed by atoms with Crippen LogP contribution < -0.4 is 29.7 Å². The van der Waals surface area contributed by atoms with Crippen LogP contribution in [-0.2, 0) is 4.74 Å². The molecule has 1 aliphatic rings. The second-order valence-electron chi connectivity index (χ2n) is 7.84. The van der Waals surface area contributed by atoms with Crippen LogP contribution in [0.1, 0.15) is 32.6 Å². The number of nitrogens with zero attached hydrogens (tertiary/aromatic N) is 5. The SMILES string of the molecule is COc1nc(N[I-]C2CCC(OC(C)F)CC2)nn2ccc(-c3ccn4nccc4c3)c12. The van der Waals surface area contributed by atoms with Gasteiger partial charge in [0.15, 0.2) is 0 Å². The van der Waals surface area contributed by atoms with E-state index in [1.165, 1.54) is 6.92 Å². The first-order valence-electron chi connectivity index (χ1n) is 10.7. The molecule has 0 spiro atoms. The molecule has 5 rings (SSSR count). The molecule has 32 heavy (non-hydrogen) atoms. The number of rotatable bonds is 7. The molecule has 8 nitrogen and oxygen atoms in total. The van der Waals surface area contributed by atoms with Crippen LogP contribution in [0.3, 0.4) is 0 Å². The predicted octanol–water partition coefficient (Wildman–Crippen LogP) is 1.11. The molecule has 1 unspecified atom stereocenters. The number of nitrogens with one attached hydrogen (secondary N) is 1. The summed E-state index contributed by atoms with van der Waals surface area (Å²) in [5.41, 5.74) is 3.91. The minimum absolute atomic E-state index is 0.0445. The third-order valence-electron chi connectivity index (χ3n) is 5.66. The fourth-order valence-corrected chi connectivity index (χ4v) is 6.44. The summed E-state index contributed by atoms with van der Waals surface area (Å²) in [5.74, 6) is 1.11. The summed E-state index contributed by atoms with van der Waals surface area (Å²) < 4.78 is 31.7. The minimum atomic E-state index is -1.19. The van der Waals surface area contributed by atoms with Gasteiger partial charge in [-0.05, 0) is 0 Å². The number of pyridine rings is 1. The fraction of sp³-hybridized carbons (Fsp3) is 0.409. The van der Waals surface area contributed by atoms with Crippen LogP contribution in [0.25, 0.3) is 22.2 Å². The summed E-state index contributed by atoms with van der Waals surface area (Å²) in [6.45, 7) is 1.45. The predicted molar refractivity (Wildman–Crippen MR) is 115 cm³/mol. The Morgan fingerprint density at radius 1 is 1.16 bits per heavy atom. The van der Waals surface area contributed by atoms with Gasteiger partial charge in [0.1, 0.15) is 0 Å². The number of hydrogen-bond donors (Lipinski definition) is 1. The van der Waals surface area contributed by atoms with Crippen molar-refractivity contribution in [3.63, 3.8) is 0 Å². The number of hydrogen-bond acceptors (Lipinski definition) is 6. The first-order chi connectivity index (χ1) is 15.6. The van der Waals surface area contributed by atoms with Crippen molar-refractivity contribution in [3.05, 3.63) is 42.9 Å². The Bertz CT molecular complexity index is 1220. The van der Waals surface area contributed by atoms with E-state index in [9.17, 15) is 4.39 Å². The molecular formula is C22H25FIN6O2-. The van der Waals surface area contributed by atoms with Gasteiger partial charge in [-0.1, -0.05) is 0 Å². The molecule has 4 aromatic heterocycles. The molecule has 1 saturated carbocycles. The molecule has 1 N–H and O–H groups in total. The normalized spacial score (nSPS) is 20.1. The van der Waals surface area contributed by atoms with E-state index in [-0.39, 0.29) is 27.6 Å². The third kappa shape index (κ3) is 4.38. The molecule has 170 valence electrons. The number of alkyl halides is 2. The van der Waals surface area contributed by atoms with Gasteiger partial charge in [-0.25, -0.2) is 0 Å². The molecule has 4 heterocycles. The molecule has 1 aliphatic carbocycles. The Labute approximate surface area is 195 Å². The fourth-order valence-electron chi connectivity index (χ4n) is 4.16. The number of ether oxygens (including phenoxy) is 2. The molecule has 0 aromatic carbocycles. The summed E-state index contributed by atoms with van der Waals surface area (Å²) in [6.07, 6.45) is 8.41. The first-order valence-corrected chi connectivity index (χ1v) is 13.0. The number of fused-ring (bicyclic) bond motifs is 2. The van der Waals surface area contributed by atoms with Crippen molar-refractivity contribution in [2.24, 2.45) is 0 Å². The number of aromatic nitrogens is 5. The van der Waals surface area contributed by atoms with Crippen LogP contribution in [0, 0.1) is 0 Å². The molecule has 1 fully saturated rings. The van der Waals surface area contributed by atoms with Crippen LogP contribution in [0.2, 0.25) is 0 Å². The van der Waals surface area contributed by atoms with E-state index in [0.29, 0.717) is 15.8 Å². The summed E-state index contributed by atoms with van der Waals surface area (Å²) >= 11 is -0.345. The Kier molecular flexibility index (Phi) is 6.13. The Balaban J connectivity index is 1.33. The van der Waals surface area contributed by atoms with Crippen molar-refractivity contribution < 1.29 is 35.3 Å². The number of anilines is 1. The Morgan fingerprint density at radius 3 is 2.75 bits per heavy atom. The molecule has 0 saturated heterocycles. The van der Waals surface area contributed by atoms with Gasteiger partial charge in [-0.3, -0.25) is 0 Å². The van der Waals surface area contributed by atoms with Crippen molar-refractivity contribution in [2.45, 2.75) is 49.0 Å². The zero-order chi connectivity index (χ0) is 22.1. The number of methoxy groups -OCH3 is 1. The molecule has 1 atom stereocenters. The van der Waals surface area contributed by atoms with Gasteiger partial charge in [-0.15, -0.1) is 0 Å². The van der Waals surface area contributed by atoms with Gasteiger partial charge in [0.05, 0.1) is 0 Å². The van der Waals surface area contributed by atoms with Crippen molar-refractivity contribution in [1.29, 1.82) is 0 Å². The number of halogens is 2. The summed E-state index contributed by atoms with van der Waals surface area (Å²) in [7, 11) is 1.63. The zero-order valence-electron chi connectivity index (χ0n) is 17.9. The van der Waals surface area contributed by atoms with Crippen LogP contribution in [0.4, 0.5) is 10.3 Å². The molecule has 4 aromatic rings. The van der Waals surface area contributed by atoms with Crippen molar-refractivity contribution >= 4 is 17.0 Å². The first kappa shape index (κ1) is 21.4. The third-order valence-corrected chi connectivity index (χ3v) is 8.58. The van der Waals surface area contributed by atoms with Gasteiger partial charge in [0.2, 0.25) is 0 Å². The van der Waals surface area contributed by atoms with Gasteiger partial charge in [0, 0.05) is 0 Å². The average molecular weight is 551 g/mol. The summed E-state index contributed by atoms with van der Waals surface area (Å²) in [5, 5.41) is 8.93. The molecular weight excluding hydrogens is 526 g/mol. The van der Waals surface area contributed by atoms with Crippen molar-refractivity contribution in [2.75, 3.05) is 10.6 Å². The van der Waals surface area contributed by atoms with E-state index in [1.54, 1.807) is 13.3 Å². The van der Waals surface area contributed by atoms with Crippen LogP contribution in [-0.4, -0.2) is 47.7 Å². The molecule has 0 amide bonds. The maximum absolute atomic E-state index is 13.1. The van der Waals surface area contributed by atoms with E-state index in [0.717, 1.165) is 47.8 Å². The quantitative estimate of drug-likeness (QED) is 0.211. The van der Waals surface area contributed by atoms with Crippen molar-refractivity contribution in [1.82, 2.24) is 24.2 Å². The van der Waals surface area contributed by atoms with E-state index in [4.69, 9.17) is 9.47 Å². The van der Waals surface area contributed by atoms with E-state index >= 15 is 0 Å². The van der Waals surface area contributed by atoms with Crippen LogP contribution >= 0.6 is 0 Å². The zero-order valence-corrected chi connectivity index (χ0v) is 20.1. The van der Waals surface area contributed by atoms with Crippen molar-refractivity contribution in [3.8, 4) is 17.0 Å².